The van der Waals surface area contributed by atoms with Crippen molar-refractivity contribution < 1.29 is 4.79 Å². The fourth-order valence-corrected chi connectivity index (χ4v) is 3.40. The summed E-state index contributed by atoms with van der Waals surface area (Å²) in [5, 5.41) is 4.01. The van der Waals surface area contributed by atoms with Crippen LogP contribution in [-0.4, -0.2) is 11.9 Å². The van der Waals surface area contributed by atoms with Gasteiger partial charge in [0, 0.05) is 11.1 Å². The molecule has 0 aliphatic heterocycles. The molecule has 2 fully saturated rings. The number of amides is 1. The average Bonchev–Trinajstić information content (AvgIpc) is 3.27. The number of hydrogen-bond donors (Lipinski definition) is 1. The summed E-state index contributed by atoms with van der Waals surface area (Å²) >= 11 is 5.95. The molecule has 1 aromatic carbocycles. The summed E-state index contributed by atoms with van der Waals surface area (Å²) in [7, 11) is 0. The van der Waals surface area contributed by atoms with Gasteiger partial charge in [-0.15, -0.1) is 0 Å². The Bertz CT molecular complexity index is 460. The summed E-state index contributed by atoms with van der Waals surface area (Å²) in [6, 6.07) is 8.18. The number of halogens is 1. The first-order valence-corrected chi connectivity index (χ1v) is 8.17. The monoisotopic (exact) mass is 291 g/mol. The minimum Gasteiger partial charge on any atom is -0.353 e. The van der Waals surface area contributed by atoms with E-state index in [2.05, 4.69) is 5.32 Å². The van der Waals surface area contributed by atoms with Gasteiger partial charge >= 0.3 is 0 Å². The number of benzene rings is 1. The molecule has 1 unspecified atom stereocenters. The minimum absolute atomic E-state index is 0.0224. The molecule has 20 heavy (non-hydrogen) atoms. The second kappa shape index (κ2) is 6.17. The van der Waals surface area contributed by atoms with Crippen LogP contribution in [0.4, 0.5) is 0 Å². The highest BCUT2D eigenvalue weighted by Gasteiger charge is 2.37. The van der Waals surface area contributed by atoms with Gasteiger partial charge in [-0.25, -0.2) is 0 Å². The highest BCUT2D eigenvalue weighted by Crippen LogP contribution is 2.43. The molecule has 0 bridgehead atoms. The molecule has 2 saturated carbocycles. The largest absolute Gasteiger partial charge is 0.353 e. The molecular formula is C17H22ClNO. The Balaban J connectivity index is 1.69. The van der Waals surface area contributed by atoms with E-state index < -0.39 is 0 Å². The summed E-state index contributed by atoms with van der Waals surface area (Å²) in [6.07, 6.45) is 8.44. The van der Waals surface area contributed by atoms with Gasteiger partial charge in [-0.3, -0.25) is 4.79 Å². The molecule has 2 nitrogen and oxygen atoms in total. The molecule has 0 spiro atoms. The van der Waals surface area contributed by atoms with Crippen LogP contribution < -0.4 is 5.32 Å². The molecule has 0 heterocycles. The van der Waals surface area contributed by atoms with Crippen molar-refractivity contribution in [2.45, 2.75) is 56.9 Å². The molecule has 0 saturated heterocycles. The number of carbonyl (C=O) groups is 1. The van der Waals surface area contributed by atoms with Crippen molar-refractivity contribution in [3.63, 3.8) is 0 Å². The smallest absolute Gasteiger partial charge is 0.228 e. The third-order valence-corrected chi connectivity index (χ3v) is 4.81. The van der Waals surface area contributed by atoms with Crippen molar-refractivity contribution in [1.82, 2.24) is 5.32 Å². The maximum atomic E-state index is 12.6. The van der Waals surface area contributed by atoms with Crippen LogP contribution in [0.15, 0.2) is 24.3 Å². The van der Waals surface area contributed by atoms with Crippen LogP contribution in [0.5, 0.6) is 0 Å². The van der Waals surface area contributed by atoms with E-state index in [-0.39, 0.29) is 11.8 Å². The van der Waals surface area contributed by atoms with Crippen molar-refractivity contribution in [3.05, 3.63) is 34.9 Å². The van der Waals surface area contributed by atoms with E-state index >= 15 is 0 Å². The van der Waals surface area contributed by atoms with E-state index in [4.69, 9.17) is 11.6 Å². The second-order valence-corrected chi connectivity index (χ2v) is 6.65. The molecule has 108 valence electrons. The van der Waals surface area contributed by atoms with Crippen molar-refractivity contribution in [2.24, 2.45) is 5.92 Å². The van der Waals surface area contributed by atoms with E-state index in [0.29, 0.717) is 12.0 Å². The Kier molecular flexibility index (Phi) is 4.30. The van der Waals surface area contributed by atoms with E-state index in [9.17, 15) is 4.79 Å². The van der Waals surface area contributed by atoms with Gasteiger partial charge in [-0.05, 0) is 49.3 Å². The van der Waals surface area contributed by atoms with Crippen LogP contribution in [-0.2, 0) is 4.79 Å². The van der Waals surface area contributed by atoms with Gasteiger partial charge in [0.1, 0.15) is 0 Å². The van der Waals surface area contributed by atoms with Crippen LogP contribution in [0.1, 0.15) is 56.4 Å². The number of hydrogen-bond acceptors (Lipinski definition) is 1. The Hall–Kier alpha value is -1.02. The maximum Gasteiger partial charge on any atom is 0.228 e. The highest BCUT2D eigenvalue weighted by atomic mass is 35.5. The SMILES string of the molecule is O=C(NC1CCCCC1)C(c1ccc(Cl)cc1)C1CC1. The summed E-state index contributed by atoms with van der Waals surface area (Å²) in [4.78, 5) is 12.6. The first kappa shape index (κ1) is 13.9. The molecule has 3 heteroatoms. The Morgan fingerprint density at radius 1 is 1.05 bits per heavy atom. The Labute approximate surface area is 125 Å². The number of rotatable bonds is 4. The first-order chi connectivity index (χ1) is 9.74. The summed E-state index contributed by atoms with van der Waals surface area (Å²) < 4.78 is 0. The standard InChI is InChI=1S/C17H22ClNO/c18-14-10-8-13(9-11-14)16(12-6-7-12)17(20)19-15-4-2-1-3-5-15/h8-12,15-16H,1-7H2,(H,19,20). The van der Waals surface area contributed by atoms with Crippen LogP contribution in [0.2, 0.25) is 5.02 Å². The summed E-state index contributed by atoms with van der Waals surface area (Å²) in [6.45, 7) is 0. The molecule has 2 aliphatic rings. The molecule has 0 radical (unpaired) electrons. The van der Waals surface area contributed by atoms with Gasteiger partial charge < -0.3 is 5.32 Å². The van der Waals surface area contributed by atoms with Crippen LogP contribution in [0.3, 0.4) is 0 Å². The Morgan fingerprint density at radius 3 is 2.30 bits per heavy atom. The fourth-order valence-electron chi connectivity index (χ4n) is 3.28. The zero-order chi connectivity index (χ0) is 13.9. The van der Waals surface area contributed by atoms with Crippen LogP contribution in [0.25, 0.3) is 0 Å². The molecule has 1 N–H and O–H groups in total. The molecule has 1 aromatic rings. The van der Waals surface area contributed by atoms with Gasteiger partial charge in [-0.1, -0.05) is 43.0 Å². The van der Waals surface area contributed by atoms with Gasteiger partial charge in [0.2, 0.25) is 5.91 Å². The van der Waals surface area contributed by atoms with Crippen LogP contribution >= 0.6 is 11.6 Å². The molecule has 1 atom stereocenters. The van der Waals surface area contributed by atoms with Gasteiger partial charge in [0.05, 0.1) is 5.92 Å². The van der Waals surface area contributed by atoms with Crippen molar-refractivity contribution in [3.8, 4) is 0 Å². The van der Waals surface area contributed by atoms with E-state index in [1.54, 1.807) is 0 Å². The van der Waals surface area contributed by atoms with E-state index in [1.165, 1.54) is 32.1 Å². The molecule has 0 aromatic heterocycles. The molecular weight excluding hydrogens is 270 g/mol. The van der Waals surface area contributed by atoms with Crippen molar-refractivity contribution in [1.29, 1.82) is 0 Å². The average molecular weight is 292 g/mol. The van der Waals surface area contributed by atoms with Gasteiger partial charge in [0.25, 0.3) is 0 Å². The number of nitrogens with one attached hydrogen (secondary N) is 1. The third-order valence-electron chi connectivity index (χ3n) is 4.56. The zero-order valence-electron chi connectivity index (χ0n) is 11.8. The summed E-state index contributed by atoms with van der Waals surface area (Å²) in [5.74, 6) is 0.774. The van der Waals surface area contributed by atoms with Crippen molar-refractivity contribution in [2.75, 3.05) is 0 Å². The predicted molar refractivity (Wildman–Crippen MR) is 81.9 cm³/mol. The van der Waals surface area contributed by atoms with Gasteiger partial charge in [-0.2, -0.15) is 0 Å². The molecule has 1 amide bonds. The zero-order valence-corrected chi connectivity index (χ0v) is 12.5. The summed E-state index contributed by atoms with van der Waals surface area (Å²) in [5.41, 5.74) is 1.12. The first-order valence-electron chi connectivity index (χ1n) is 7.80. The topological polar surface area (TPSA) is 29.1 Å². The molecule has 2 aliphatic carbocycles. The Morgan fingerprint density at radius 2 is 1.70 bits per heavy atom. The minimum atomic E-state index is 0.0224. The van der Waals surface area contributed by atoms with E-state index in [1.807, 2.05) is 24.3 Å². The lowest BCUT2D eigenvalue weighted by Crippen LogP contribution is -2.39. The lowest BCUT2D eigenvalue weighted by molar-refractivity contribution is -0.124. The fraction of sp³-hybridized carbons (Fsp3) is 0.588. The second-order valence-electron chi connectivity index (χ2n) is 6.21. The highest BCUT2D eigenvalue weighted by molar-refractivity contribution is 6.30. The maximum absolute atomic E-state index is 12.6. The normalized spacial score (nSPS) is 21.4. The van der Waals surface area contributed by atoms with Gasteiger partial charge in [0.15, 0.2) is 0 Å². The molecule has 3 rings (SSSR count). The lowest BCUT2D eigenvalue weighted by Gasteiger charge is -2.25. The lowest BCUT2D eigenvalue weighted by atomic mass is 9.91. The predicted octanol–water partition coefficient (Wildman–Crippen LogP) is 4.28. The third kappa shape index (κ3) is 3.35. The number of carbonyl (C=O) groups excluding carboxylic acids is 1. The van der Waals surface area contributed by atoms with Crippen LogP contribution in [0, 0.1) is 5.92 Å². The van der Waals surface area contributed by atoms with E-state index in [0.717, 1.165) is 23.4 Å². The quantitative estimate of drug-likeness (QED) is 0.881. The van der Waals surface area contributed by atoms with Crippen molar-refractivity contribution >= 4 is 17.5 Å².